The van der Waals surface area contributed by atoms with E-state index in [1.54, 1.807) is 0 Å². The summed E-state index contributed by atoms with van der Waals surface area (Å²) in [5.74, 6) is -0.0631. The minimum atomic E-state index is -0.0419. The summed E-state index contributed by atoms with van der Waals surface area (Å²) < 4.78 is 0. The topological polar surface area (TPSA) is 46.2 Å². The Kier molecular flexibility index (Phi) is 3.91. The second kappa shape index (κ2) is 4.33. The van der Waals surface area contributed by atoms with Crippen LogP contribution in [0.25, 0.3) is 0 Å². The normalized spacial score (nSPS) is 33.7. The molecule has 0 spiro atoms. The van der Waals surface area contributed by atoms with E-state index in [9.17, 15) is 9.59 Å². The Hall–Kier alpha value is 0.776. The van der Waals surface area contributed by atoms with Gasteiger partial charge in [-0.15, -0.1) is 0 Å². The zero-order valence-corrected chi connectivity index (χ0v) is 10.4. The van der Waals surface area contributed by atoms with Crippen molar-refractivity contribution in [2.75, 3.05) is 0 Å². The van der Waals surface area contributed by atoms with E-state index in [-0.39, 0.29) is 75.0 Å². The first-order valence-electron chi connectivity index (χ1n) is 4.14. The van der Waals surface area contributed by atoms with Crippen LogP contribution in [-0.2, 0) is 9.59 Å². The van der Waals surface area contributed by atoms with Gasteiger partial charge in [0.2, 0.25) is 11.8 Å². The summed E-state index contributed by atoms with van der Waals surface area (Å²) >= 11 is 0. The van der Waals surface area contributed by atoms with Crippen LogP contribution in [0.4, 0.5) is 0 Å². The van der Waals surface area contributed by atoms with Crippen LogP contribution < -0.4 is 56.7 Å². The van der Waals surface area contributed by atoms with Gasteiger partial charge in [-0.1, -0.05) is 12.8 Å². The van der Waals surface area contributed by atoms with E-state index in [0.29, 0.717) is 0 Å². The predicted molar refractivity (Wildman–Crippen MR) is 38.6 cm³/mol. The van der Waals surface area contributed by atoms with Crippen LogP contribution in [0.1, 0.15) is 25.7 Å². The van der Waals surface area contributed by atoms with Crippen LogP contribution in [0, 0.1) is 11.8 Å². The third kappa shape index (κ3) is 1.82. The monoisotopic (exact) mass is 192 g/mol. The van der Waals surface area contributed by atoms with E-state index in [4.69, 9.17) is 0 Å². The molecule has 0 aromatic heterocycles. The molecule has 1 saturated carbocycles. The van der Waals surface area contributed by atoms with Crippen molar-refractivity contribution in [2.45, 2.75) is 25.7 Å². The minimum absolute atomic E-state index is 0. The molecule has 2 atom stereocenters. The number of carbonyl (C=O) groups is 2. The Morgan fingerprint density at radius 1 is 1.00 bits per heavy atom. The number of fused-ring (bicyclic) bond motifs is 1. The van der Waals surface area contributed by atoms with E-state index in [2.05, 4.69) is 5.32 Å². The summed E-state index contributed by atoms with van der Waals surface area (Å²) in [7, 11) is 0. The van der Waals surface area contributed by atoms with E-state index in [1.807, 2.05) is 0 Å². The number of amides is 2. The Bertz CT molecular complexity index is 195. The number of hydrogen-bond acceptors (Lipinski definition) is 2. The van der Waals surface area contributed by atoms with Gasteiger partial charge in [0.25, 0.3) is 0 Å². The van der Waals surface area contributed by atoms with Crippen LogP contribution in [0.2, 0.25) is 0 Å². The smallest absolute Gasteiger partial charge is 0.296 e. The summed E-state index contributed by atoms with van der Waals surface area (Å²) in [6, 6.07) is 0. The molecule has 4 heteroatoms. The summed E-state index contributed by atoms with van der Waals surface area (Å²) in [5, 5.41) is 2.38. The molecular formula is C8H11KNO2+. The second-order valence-electron chi connectivity index (χ2n) is 3.35. The fraction of sp³-hybridized carbons (Fsp3) is 0.750. The molecule has 2 fully saturated rings. The van der Waals surface area contributed by atoms with Gasteiger partial charge in [-0.25, -0.2) is 0 Å². The molecule has 0 aromatic rings. The first-order valence-corrected chi connectivity index (χ1v) is 4.14. The Morgan fingerprint density at radius 3 is 1.83 bits per heavy atom. The molecular weight excluding hydrogens is 181 g/mol. The van der Waals surface area contributed by atoms with Gasteiger partial charge in [0, 0.05) is 11.8 Å². The molecule has 0 aromatic carbocycles. The van der Waals surface area contributed by atoms with Crippen LogP contribution in [0.15, 0.2) is 0 Å². The van der Waals surface area contributed by atoms with Crippen molar-refractivity contribution in [1.82, 2.24) is 5.32 Å². The van der Waals surface area contributed by atoms with Crippen LogP contribution in [-0.4, -0.2) is 11.8 Å². The van der Waals surface area contributed by atoms with Gasteiger partial charge in [0.05, 0.1) is 0 Å². The minimum Gasteiger partial charge on any atom is -0.296 e. The molecule has 1 saturated heterocycles. The van der Waals surface area contributed by atoms with Crippen LogP contribution in [0.3, 0.4) is 0 Å². The zero-order chi connectivity index (χ0) is 7.84. The molecule has 1 aliphatic carbocycles. The van der Waals surface area contributed by atoms with E-state index < -0.39 is 0 Å². The second-order valence-corrected chi connectivity index (χ2v) is 3.35. The molecule has 1 aliphatic heterocycles. The van der Waals surface area contributed by atoms with E-state index in [1.165, 1.54) is 0 Å². The first-order chi connectivity index (χ1) is 5.29. The average Bonchev–Trinajstić information content (AvgIpc) is 2.30. The summed E-state index contributed by atoms with van der Waals surface area (Å²) in [6.07, 6.45) is 4.01. The number of rotatable bonds is 0. The maximum atomic E-state index is 11.1. The molecule has 12 heavy (non-hydrogen) atoms. The molecule has 2 unspecified atom stereocenters. The van der Waals surface area contributed by atoms with Crippen molar-refractivity contribution in [2.24, 2.45) is 11.8 Å². The van der Waals surface area contributed by atoms with Crippen molar-refractivity contribution in [3.63, 3.8) is 0 Å². The SMILES string of the molecule is O=C1NC(=O)C2CCCCC12.[K+]. The van der Waals surface area contributed by atoms with Crippen molar-refractivity contribution in [1.29, 1.82) is 0 Å². The average molecular weight is 192 g/mol. The van der Waals surface area contributed by atoms with Gasteiger partial charge in [-0.3, -0.25) is 14.9 Å². The van der Waals surface area contributed by atoms with Crippen molar-refractivity contribution >= 4 is 11.8 Å². The molecule has 2 amide bonds. The molecule has 60 valence electrons. The molecule has 2 aliphatic rings. The quantitative estimate of drug-likeness (QED) is 0.339. The zero-order valence-electron chi connectivity index (χ0n) is 7.30. The van der Waals surface area contributed by atoms with Gasteiger partial charge in [0.15, 0.2) is 0 Å². The number of carbonyl (C=O) groups excluding carboxylic acids is 2. The fourth-order valence-electron chi connectivity index (χ4n) is 2.07. The van der Waals surface area contributed by atoms with Crippen LogP contribution in [0.5, 0.6) is 0 Å². The Balaban J connectivity index is 0.000000720. The Morgan fingerprint density at radius 2 is 1.42 bits per heavy atom. The molecule has 3 nitrogen and oxygen atoms in total. The summed E-state index contributed by atoms with van der Waals surface area (Å²) in [4.78, 5) is 22.2. The third-order valence-corrected chi connectivity index (χ3v) is 2.69. The fourth-order valence-corrected chi connectivity index (χ4v) is 2.07. The summed E-state index contributed by atoms with van der Waals surface area (Å²) in [6.45, 7) is 0. The molecule has 2 rings (SSSR count). The van der Waals surface area contributed by atoms with Crippen molar-refractivity contribution in [3.8, 4) is 0 Å². The van der Waals surface area contributed by atoms with Gasteiger partial charge in [0.1, 0.15) is 0 Å². The largest absolute Gasteiger partial charge is 1.00 e. The number of imide groups is 1. The maximum absolute atomic E-state index is 11.1. The van der Waals surface area contributed by atoms with Crippen molar-refractivity contribution in [3.05, 3.63) is 0 Å². The van der Waals surface area contributed by atoms with E-state index in [0.717, 1.165) is 25.7 Å². The number of nitrogens with one attached hydrogen (secondary N) is 1. The van der Waals surface area contributed by atoms with Gasteiger partial charge >= 0.3 is 51.4 Å². The number of hydrogen-bond donors (Lipinski definition) is 1. The van der Waals surface area contributed by atoms with Crippen LogP contribution >= 0.6 is 0 Å². The molecule has 0 bridgehead atoms. The standard InChI is InChI=1S/C8H11NO2.K/c10-7-5-3-1-2-4-6(5)8(11)9-7;/h5-6H,1-4H2,(H,9,10,11);/q;+1. The van der Waals surface area contributed by atoms with Gasteiger partial charge < -0.3 is 0 Å². The molecule has 1 N–H and O–H groups in total. The van der Waals surface area contributed by atoms with E-state index >= 15 is 0 Å². The summed E-state index contributed by atoms with van der Waals surface area (Å²) in [5.41, 5.74) is 0. The van der Waals surface area contributed by atoms with Gasteiger partial charge in [-0.2, -0.15) is 0 Å². The first kappa shape index (κ1) is 10.9. The van der Waals surface area contributed by atoms with Crippen molar-refractivity contribution < 1.29 is 61.0 Å². The molecule has 1 heterocycles. The molecule has 0 radical (unpaired) electrons. The van der Waals surface area contributed by atoms with Gasteiger partial charge in [-0.05, 0) is 12.8 Å². The third-order valence-electron chi connectivity index (χ3n) is 2.69. The predicted octanol–water partition coefficient (Wildman–Crippen LogP) is -2.55. The maximum Gasteiger partial charge on any atom is 1.00 e. The Labute approximate surface area is 114 Å².